The third-order valence-electron chi connectivity index (χ3n) is 10.9. The first-order valence-electron chi connectivity index (χ1n) is 19.3. The van der Waals surface area contributed by atoms with Crippen LogP contribution in [-0.2, 0) is 51.1 Å². The van der Waals surface area contributed by atoms with Gasteiger partial charge in [-0.2, -0.15) is 0 Å². The molecule has 0 bridgehead atoms. The molecule has 3 N–H and O–H groups in total. The number of hydrogen-bond donors (Lipinski definition) is 3. The summed E-state index contributed by atoms with van der Waals surface area (Å²) in [4.78, 5) is 100. The SMILES string of the molecule is Cc1ccc(CC(=O)N[C@@H](Cc2cc(F)cc(F)c2)C(=O)N[C@H]2COC(=O)[C@@H]3C[C@H](F)CN3C(=O)[C@H](C)NC(=O)[C@@H]3CCCCN3C(=O)[C@@H]3CCCN3C2=O)cc1. The summed E-state index contributed by atoms with van der Waals surface area (Å²) in [6, 6.07) is 1.99. The molecule has 0 aliphatic carbocycles. The molecule has 14 nitrogen and oxygen atoms in total. The van der Waals surface area contributed by atoms with E-state index in [0.29, 0.717) is 37.3 Å². The monoisotopic (exact) mass is 796 g/mol. The Morgan fingerprint density at radius 2 is 1.51 bits per heavy atom. The quantitative estimate of drug-likeness (QED) is 0.353. The molecule has 4 saturated heterocycles. The minimum absolute atomic E-state index is 0.0188. The van der Waals surface area contributed by atoms with E-state index in [1.807, 2.05) is 6.92 Å². The Balaban J connectivity index is 1.31. The molecule has 7 atom stereocenters. The molecule has 4 heterocycles. The number of hydrogen-bond acceptors (Lipinski definition) is 8. The molecule has 0 unspecified atom stereocenters. The van der Waals surface area contributed by atoms with Gasteiger partial charge in [0.05, 0.1) is 13.0 Å². The van der Waals surface area contributed by atoms with Crippen LogP contribution in [0, 0.1) is 18.6 Å². The first-order chi connectivity index (χ1) is 27.2. The van der Waals surface area contributed by atoms with Crippen molar-refractivity contribution >= 4 is 41.4 Å². The third kappa shape index (κ3) is 9.74. The fourth-order valence-corrected chi connectivity index (χ4v) is 8.04. The number of cyclic esters (lactones) is 1. The smallest absolute Gasteiger partial charge is 0.329 e. The molecule has 306 valence electrons. The van der Waals surface area contributed by atoms with E-state index in [1.54, 1.807) is 24.3 Å². The highest BCUT2D eigenvalue weighted by molar-refractivity contribution is 5.98. The lowest BCUT2D eigenvalue weighted by atomic mass is 9.99. The van der Waals surface area contributed by atoms with Crippen LogP contribution >= 0.6 is 0 Å². The van der Waals surface area contributed by atoms with E-state index in [-0.39, 0.29) is 31.5 Å². The number of amides is 6. The largest absolute Gasteiger partial charge is 0.461 e. The molecule has 0 aromatic heterocycles. The number of fused-ring (bicyclic) bond motifs is 3. The van der Waals surface area contributed by atoms with Crippen molar-refractivity contribution in [2.24, 2.45) is 0 Å². The second-order valence-corrected chi connectivity index (χ2v) is 15.3. The summed E-state index contributed by atoms with van der Waals surface area (Å²) in [5.41, 5.74) is 1.60. The van der Waals surface area contributed by atoms with E-state index >= 15 is 0 Å². The summed E-state index contributed by atoms with van der Waals surface area (Å²) in [7, 11) is 0. The van der Waals surface area contributed by atoms with Crippen LogP contribution in [0.15, 0.2) is 42.5 Å². The van der Waals surface area contributed by atoms with Gasteiger partial charge in [-0.05, 0) is 69.2 Å². The fourth-order valence-electron chi connectivity index (χ4n) is 8.04. The van der Waals surface area contributed by atoms with Gasteiger partial charge < -0.3 is 35.4 Å². The highest BCUT2D eigenvalue weighted by Gasteiger charge is 2.46. The van der Waals surface area contributed by atoms with Crippen molar-refractivity contribution in [1.82, 2.24) is 30.7 Å². The Morgan fingerprint density at radius 3 is 2.23 bits per heavy atom. The van der Waals surface area contributed by atoms with E-state index in [0.717, 1.165) is 22.6 Å². The van der Waals surface area contributed by atoms with Crippen LogP contribution in [0.5, 0.6) is 0 Å². The summed E-state index contributed by atoms with van der Waals surface area (Å²) >= 11 is 0. The normalized spacial score (nSPS) is 26.5. The van der Waals surface area contributed by atoms with Crippen LogP contribution in [0.1, 0.15) is 62.1 Å². The van der Waals surface area contributed by atoms with Crippen LogP contribution in [0.2, 0.25) is 0 Å². The molecule has 4 aliphatic heterocycles. The third-order valence-corrected chi connectivity index (χ3v) is 10.9. The zero-order valence-electron chi connectivity index (χ0n) is 31.8. The van der Waals surface area contributed by atoms with Crippen molar-refractivity contribution in [2.45, 2.75) is 108 Å². The summed E-state index contributed by atoms with van der Waals surface area (Å²) in [6.45, 7) is 2.34. The summed E-state index contributed by atoms with van der Waals surface area (Å²) in [5.74, 6) is -7.13. The molecule has 2 aromatic rings. The maximum Gasteiger partial charge on any atom is 0.329 e. The number of esters is 1. The van der Waals surface area contributed by atoms with Crippen molar-refractivity contribution in [3.8, 4) is 0 Å². The van der Waals surface area contributed by atoms with Gasteiger partial charge in [-0.25, -0.2) is 18.0 Å². The van der Waals surface area contributed by atoms with E-state index in [1.165, 1.54) is 16.7 Å². The molecule has 0 spiro atoms. The first kappa shape index (κ1) is 41.2. The number of aryl methyl sites for hydroxylation is 1. The van der Waals surface area contributed by atoms with Crippen LogP contribution in [-0.4, -0.2) is 125 Å². The number of nitrogens with one attached hydrogen (secondary N) is 3. The van der Waals surface area contributed by atoms with Gasteiger partial charge in [0.25, 0.3) is 0 Å². The van der Waals surface area contributed by atoms with E-state index in [2.05, 4.69) is 16.0 Å². The molecule has 0 radical (unpaired) electrons. The maximum absolute atomic E-state index is 14.8. The van der Waals surface area contributed by atoms with Crippen LogP contribution in [0.4, 0.5) is 13.2 Å². The van der Waals surface area contributed by atoms with Crippen molar-refractivity contribution < 1.29 is 51.5 Å². The van der Waals surface area contributed by atoms with Gasteiger partial charge in [-0.3, -0.25) is 28.8 Å². The summed E-state index contributed by atoms with van der Waals surface area (Å²) < 4.78 is 48.9. The minimum Gasteiger partial charge on any atom is -0.461 e. The lowest BCUT2D eigenvalue weighted by Crippen LogP contribution is -2.62. The highest BCUT2D eigenvalue weighted by atomic mass is 19.1. The standard InChI is InChI=1S/C40H47F3N6O8/c1-22-8-10-24(11-9-22)17-34(50)45-29(16-25-14-26(41)18-27(42)15-25)35(51)46-30-21-57-40(56)33-19-28(43)20-49(33)37(53)23(2)44-36(52)31-6-3-4-12-47(31)39(55)32-7-5-13-48(32)38(30)54/h8-11,14-15,18,23,28-33H,3-7,12-13,16-17,19-21H2,1-2H3,(H,44,52)(H,45,50)(H,46,51)/t23-,28-,29-,30-,31-,32-,33-/m0/s1. The lowest BCUT2D eigenvalue weighted by molar-refractivity contribution is -0.158. The zero-order chi connectivity index (χ0) is 41.0. The molecule has 4 fully saturated rings. The molecule has 17 heteroatoms. The van der Waals surface area contributed by atoms with Gasteiger partial charge in [-0.1, -0.05) is 29.8 Å². The predicted molar refractivity (Wildman–Crippen MR) is 196 cm³/mol. The van der Waals surface area contributed by atoms with Crippen molar-refractivity contribution in [2.75, 3.05) is 26.2 Å². The molecule has 2 aromatic carbocycles. The molecular weight excluding hydrogens is 749 g/mol. The Bertz CT molecular complexity index is 1880. The Morgan fingerprint density at radius 1 is 0.842 bits per heavy atom. The molecule has 4 aliphatic rings. The Labute approximate surface area is 327 Å². The summed E-state index contributed by atoms with van der Waals surface area (Å²) in [6.07, 6.45) is -0.400. The second-order valence-electron chi connectivity index (χ2n) is 15.3. The van der Waals surface area contributed by atoms with Gasteiger partial charge in [-0.15, -0.1) is 0 Å². The van der Waals surface area contributed by atoms with Gasteiger partial charge in [0.2, 0.25) is 35.4 Å². The minimum atomic E-state index is -1.66. The second kappa shape index (κ2) is 17.8. The van der Waals surface area contributed by atoms with Gasteiger partial charge >= 0.3 is 5.97 Å². The van der Waals surface area contributed by atoms with Crippen LogP contribution in [0.25, 0.3) is 0 Å². The number of benzene rings is 2. The fraction of sp³-hybridized carbons (Fsp3) is 0.525. The average Bonchev–Trinajstić information content (AvgIpc) is 3.82. The Hall–Kier alpha value is -5.48. The number of halogens is 3. The maximum atomic E-state index is 14.8. The van der Waals surface area contributed by atoms with Gasteiger partial charge in [0, 0.05) is 32.0 Å². The number of ether oxygens (including phenoxy) is 1. The summed E-state index contributed by atoms with van der Waals surface area (Å²) in [5, 5.41) is 7.77. The number of rotatable bonds is 7. The first-order valence-corrected chi connectivity index (χ1v) is 19.3. The Kier molecular flexibility index (Phi) is 12.8. The molecule has 0 saturated carbocycles. The molecule has 6 amide bonds. The topological polar surface area (TPSA) is 175 Å². The predicted octanol–water partition coefficient (Wildman–Crippen LogP) is 1.40. The van der Waals surface area contributed by atoms with Crippen LogP contribution in [0.3, 0.4) is 0 Å². The average molecular weight is 797 g/mol. The van der Waals surface area contributed by atoms with E-state index in [9.17, 15) is 46.7 Å². The molecule has 6 rings (SSSR count). The highest BCUT2D eigenvalue weighted by Crippen LogP contribution is 2.27. The van der Waals surface area contributed by atoms with E-state index in [4.69, 9.17) is 4.74 Å². The van der Waals surface area contributed by atoms with Gasteiger partial charge in [0.1, 0.15) is 60.7 Å². The van der Waals surface area contributed by atoms with E-state index < -0.39 is 121 Å². The lowest BCUT2D eigenvalue weighted by Gasteiger charge is -2.39. The number of piperidine rings is 1. The number of carbonyl (C=O) groups excluding carboxylic acids is 7. The molecular formula is C40H47F3N6O8. The zero-order valence-corrected chi connectivity index (χ0v) is 31.8. The van der Waals surface area contributed by atoms with Crippen LogP contribution < -0.4 is 16.0 Å². The van der Waals surface area contributed by atoms with Crippen molar-refractivity contribution in [3.05, 3.63) is 70.8 Å². The van der Waals surface area contributed by atoms with Gasteiger partial charge in [0.15, 0.2) is 0 Å². The van der Waals surface area contributed by atoms with Crippen molar-refractivity contribution in [1.29, 1.82) is 0 Å². The molecule has 57 heavy (non-hydrogen) atoms. The number of nitrogens with zero attached hydrogens (tertiary/aromatic N) is 3. The number of alkyl halides is 1. The number of carbonyl (C=O) groups is 7. The van der Waals surface area contributed by atoms with Crippen molar-refractivity contribution in [3.63, 3.8) is 0 Å².